The molecule has 1 aliphatic rings. The lowest BCUT2D eigenvalue weighted by molar-refractivity contribution is -0.197. The summed E-state index contributed by atoms with van der Waals surface area (Å²) in [6.45, 7) is 5.02. The molecule has 0 spiro atoms. The number of hydroxylamine groups is 2. The van der Waals surface area contributed by atoms with Crippen molar-refractivity contribution in [3.63, 3.8) is 0 Å². The fourth-order valence-corrected chi connectivity index (χ4v) is 2.35. The van der Waals surface area contributed by atoms with Crippen molar-refractivity contribution in [3.05, 3.63) is 0 Å². The summed E-state index contributed by atoms with van der Waals surface area (Å²) in [7, 11) is 0. The molecule has 0 radical (unpaired) electrons. The van der Waals surface area contributed by atoms with E-state index in [1.807, 2.05) is 13.8 Å². The first-order valence-electron chi connectivity index (χ1n) is 7.98. The van der Waals surface area contributed by atoms with E-state index in [4.69, 9.17) is 15.3 Å². The fraction of sp³-hybridized carbons (Fsp3) is 0.933. The quantitative estimate of drug-likeness (QED) is 0.549. The zero-order valence-corrected chi connectivity index (χ0v) is 13.0. The molecule has 20 heavy (non-hydrogen) atoms. The fourth-order valence-electron chi connectivity index (χ4n) is 2.35. The van der Waals surface area contributed by atoms with Crippen LogP contribution in [0.5, 0.6) is 0 Å². The zero-order chi connectivity index (χ0) is 14.8. The van der Waals surface area contributed by atoms with Crippen LogP contribution in [0.1, 0.15) is 65.2 Å². The SMILES string of the molecule is CC(C)N(OC1CCCCC1)C(=O)OCCCCCN. The number of unbranched alkanes of at least 4 members (excludes halogenated alkanes) is 2. The van der Waals surface area contributed by atoms with E-state index >= 15 is 0 Å². The number of carbonyl (C=O) groups is 1. The first-order valence-corrected chi connectivity index (χ1v) is 7.98. The van der Waals surface area contributed by atoms with Crippen molar-refractivity contribution >= 4 is 6.09 Å². The van der Waals surface area contributed by atoms with Crippen LogP contribution < -0.4 is 5.73 Å². The molecule has 5 heteroatoms. The first-order chi connectivity index (χ1) is 9.65. The second kappa shape index (κ2) is 10.00. The Kier molecular flexibility index (Phi) is 8.62. The molecule has 0 aromatic carbocycles. The molecule has 1 aliphatic carbocycles. The van der Waals surface area contributed by atoms with E-state index in [9.17, 15) is 4.79 Å². The third-order valence-electron chi connectivity index (χ3n) is 3.54. The minimum atomic E-state index is -0.363. The van der Waals surface area contributed by atoms with Gasteiger partial charge >= 0.3 is 6.09 Å². The molecule has 0 saturated heterocycles. The van der Waals surface area contributed by atoms with Gasteiger partial charge in [-0.1, -0.05) is 19.3 Å². The highest BCUT2D eigenvalue weighted by Crippen LogP contribution is 2.22. The molecule has 0 atom stereocenters. The lowest BCUT2D eigenvalue weighted by Crippen LogP contribution is -2.41. The summed E-state index contributed by atoms with van der Waals surface area (Å²) in [5.41, 5.74) is 5.43. The lowest BCUT2D eigenvalue weighted by atomic mass is 9.98. The van der Waals surface area contributed by atoms with Crippen LogP contribution in [-0.4, -0.2) is 36.5 Å². The maximum absolute atomic E-state index is 12.0. The van der Waals surface area contributed by atoms with E-state index in [0.29, 0.717) is 13.2 Å². The smallest absolute Gasteiger partial charge is 0.434 e. The molecule has 118 valence electrons. The maximum Gasteiger partial charge on any atom is 0.434 e. The molecule has 0 bridgehead atoms. The predicted molar refractivity (Wildman–Crippen MR) is 79.2 cm³/mol. The van der Waals surface area contributed by atoms with Crippen molar-refractivity contribution in [1.29, 1.82) is 0 Å². The van der Waals surface area contributed by atoms with Crippen molar-refractivity contribution in [1.82, 2.24) is 5.06 Å². The summed E-state index contributed by atoms with van der Waals surface area (Å²) < 4.78 is 5.27. The van der Waals surface area contributed by atoms with E-state index in [1.54, 1.807) is 0 Å². The Morgan fingerprint density at radius 2 is 1.90 bits per heavy atom. The van der Waals surface area contributed by atoms with Crippen LogP contribution in [0.15, 0.2) is 0 Å². The van der Waals surface area contributed by atoms with Gasteiger partial charge in [-0.3, -0.25) is 4.84 Å². The van der Waals surface area contributed by atoms with E-state index in [0.717, 1.165) is 32.1 Å². The van der Waals surface area contributed by atoms with Crippen molar-refractivity contribution < 1.29 is 14.4 Å². The molecule has 1 fully saturated rings. The van der Waals surface area contributed by atoms with Crippen molar-refractivity contribution in [2.75, 3.05) is 13.2 Å². The van der Waals surface area contributed by atoms with E-state index < -0.39 is 0 Å². The maximum atomic E-state index is 12.0. The highest BCUT2D eigenvalue weighted by molar-refractivity contribution is 5.66. The minimum absolute atomic E-state index is 0.00605. The summed E-state index contributed by atoms with van der Waals surface area (Å²) in [5.74, 6) is 0. The Balaban J connectivity index is 2.30. The van der Waals surface area contributed by atoms with Gasteiger partial charge < -0.3 is 10.5 Å². The lowest BCUT2D eigenvalue weighted by Gasteiger charge is -2.31. The predicted octanol–water partition coefficient (Wildman–Crippen LogP) is 3.23. The highest BCUT2D eigenvalue weighted by atomic mass is 16.7. The summed E-state index contributed by atoms with van der Waals surface area (Å²) >= 11 is 0. The van der Waals surface area contributed by atoms with Gasteiger partial charge in [-0.05, 0) is 52.5 Å². The number of nitrogens with zero attached hydrogens (tertiary/aromatic N) is 1. The molecular weight excluding hydrogens is 256 g/mol. The average molecular weight is 286 g/mol. The minimum Gasteiger partial charge on any atom is -0.448 e. The van der Waals surface area contributed by atoms with Gasteiger partial charge in [0.25, 0.3) is 0 Å². The van der Waals surface area contributed by atoms with Gasteiger partial charge in [-0.15, -0.1) is 0 Å². The van der Waals surface area contributed by atoms with Gasteiger partial charge in [0.1, 0.15) is 0 Å². The van der Waals surface area contributed by atoms with Gasteiger partial charge in [0.15, 0.2) is 0 Å². The third-order valence-corrected chi connectivity index (χ3v) is 3.54. The van der Waals surface area contributed by atoms with Crippen LogP contribution in [0.2, 0.25) is 0 Å². The van der Waals surface area contributed by atoms with E-state index in [2.05, 4.69) is 0 Å². The second-order valence-electron chi connectivity index (χ2n) is 5.75. The van der Waals surface area contributed by atoms with Gasteiger partial charge in [0.05, 0.1) is 18.8 Å². The van der Waals surface area contributed by atoms with Crippen LogP contribution in [-0.2, 0) is 9.57 Å². The second-order valence-corrected chi connectivity index (χ2v) is 5.75. The third kappa shape index (κ3) is 6.57. The monoisotopic (exact) mass is 286 g/mol. The number of rotatable bonds is 8. The van der Waals surface area contributed by atoms with Crippen LogP contribution in [0, 0.1) is 0 Å². The Bertz CT molecular complexity index is 266. The molecule has 5 nitrogen and oxygen atoms in total. The topological polar surface area (TPSA) is 64.8 Å². The van der Waals surface area contributed by atoms with Gasteiger partial charge in [0, 0.05) is 0 Å². The normalized spacial score (nSPS) is 16.4. The van der Waals surface area contributed by atoms with E-state index in [-0.39, 0.29) is 18.2 Å². The van der Waals surface area contributed by atoms with Gasteiger partial charge in [-0.2, -0.15) is 5.06 Å². The summed E-state index contributed by atoms with van der Waals surface area (Å²) in [4.78, 5) is 17.9. The molecule has 0 unspecified atom stereocenters. The molecule has 1 rings (SSSR count). The van der Waals surface area contributed by atoms with Gasteiger partial charge in [0.2, 0.25) is 0 Å². The Labute approximate surface area is 122 Å². The van der Waals surface area contributed by atoms with Crippen LogP contribution in [0.3, 0.4) is 0 Å². The highest BCUT2D eigenvalue weighted by Gasteiger charge is 2.25. The summed E-state index contributed by atoms with van der Waals surface area (Å²) in [6.07, 6.45) is 8.34. The Morgan fingerprint density at radius 1 is 1.20 bits per heavy atom. The van der Waals surface area contributed by atoms with Crippen LogP contribution in [0.4, 0.5) is 4.79 Å². The standard InChI is InChI=1S/C15H30N2O3/c1-13(2)17(20-14-9-5-3-6-10-14)15(18)19-12-8-4-7-11-16/h13-14H,3-12,16H2,1-2H3. The Morgan fingerprint density at radius 3 is 2.50 bits per heavy atom. The number of carbonyl (C=O) groups excluding carboxylic acids is 1. The molecule has 2 N–H and O–H groups in total. The first kappa shape index (κ1) is 17.2. The largest absolute Gasteiger partial charge is 0.448 e. The van der Waals surface area contributed by atoms with Crippen molar-refractivity contribution in [2.45, 2.75) is 77.4 Å². The van der Waals surface area contributed by atoms with Crippen molar-refractivity contribution in [2.24, 2.45) is 5.73 Å². The summed E-state index contributed by atoms with van der Waals surface area (Å²) in [6, 6.07) is -0.00605. The number of hydrogen-bond acceptors (Lipinski definition) is 4. The van der Waals surface area contributed by atoms with Crippen LogP contribution in [0.25, 0.3) is 0 Å². The van der Waals surface area contributed by atoms with Gasteiger partial charge in [-0.25, -0.2) is 4.79 Å². The molecule has 0 aliphatic heterocycles. The number of ether oxygens (including phenoxy) is 1. The average Bonchev–Trinajstić information content (AvgIpc) is 2.45. The molecular formula is C15H30N2O3. The van der Waals surface area contributed by atoms with Crippen molar-refractivity contribution in [3.8, 4) is 0 Å². The number of hydrogen-bond donors (Lipinski definition) is 1. The molecule has 0 heterocycles. The summed E-state index contributed by atoms with van der Waals surface area (Å²) in [5, 5.41) is 1.40. The number of amides is 1. The van der Waals surface area contributed by atoms with E-state index in [1.165, 1.54) is 24.3 Å². The zero-order valence-electron chi connectivity index (χ0n) is 13.0. The number of nitrogens with two attached hydrogens (primary N) is 1. The molecule has 1 saturated carbocycles. The van der Waals surface area contributed by atoms with Crippen LogP contribution >= 0.6 is 0 Å². The molecule has 1 amide bonds. The Hall–Kier alpha value is -0.810. The molecule has 0 aromatic rings. The molecule has 0 aromatic heterocycles.